The van der Waals surface area contributed by atoms with Crippen molar-refractivity contribution >= 4 is 5.71 Å². The van der Waals surface area contributed by atoms with Crippen molar-refractivity contribution in [3.63, 3.8) is 0 Å². The van der Waals surface area contributed by atoms with Gasteiger partial charge in [-0.15, -0.1) is 0 Å². The maximum atomic E-state index is 9.80. The molecule has 0 atom stereocenters. The third-order valence-corrected chi connectivity index (χ3v) is 4.77. The Bertz CT molecular complexity index is 629. The molecular weight excluding hydrogens is 272 g/mol. The van der Waals surface area contributed by atoms with E-state index in [4.69, 9.17) is 0 Å². The van der Waals surface area contributed by atoms with Crippen LogP contribution in [0.1, 0.15) is 24.0 Å². The molecule has 0 amide bonds. The van der Waals surface area contributed by atoms with E-state index in [0.29, 0.717) is 0 Å². The van der Waals surface area contributed by atoms with E-state index in [1.54, 1.807) is 0 Å². The monoisotopic (exact) mass is 294 g/mol. The fraction of sp³-hybridized carbons (Fsp3) is 0.316. The highest BCUT2D eigenvalue weighted by molar-refractivity contribution is 6.07. The van der Waals surface area contributed by atoms with Crippen molar-refractivity contribution in [1.82, 2.24) is 4.90 Å². The van der Waals surface area contributed by atoms with Crippen molar-refractivity contribution in [2.24, 2.45) is 5.16 Å². The predicted molar refractivity (Wildman–Crippen MR) is 89.6 cm³/mol. The van der Waals surface area contributed by atoms with Gasteiger partial charge in [-0.05, 0) is 38.5 Å². The SMILES string of the molecule is CN1CCC(/C(=N/O)c2ccccc2)(c2ccccc2)CC1. The summed E-state index contributed by atoms with van der Waals surface area (Å²) in [6, 6.07) is 20.5. The molecule has 0 spiro atoms. The van der Waals surface area contributed by atoms with Gasteiger partial charge in [0.2, 0.25) is 0 Å². The number of hydrogen-bond donors (Lipinski definition) is 1. The Labute approximate surface area is 131 Å². The molecule has 0 radical (unpaired) electrons. The van der Waals surface area contributed by atoms with Gasteiger partial charge in [-0.2, -0.15) is 0 Å². The van der Waals surface area contributed by atoms with E-state index >= 15 is 0 Å². The van der Waals surface area contributed by atoms with Crippen LogP contribution in [0.5, 0.6) is 0 Å². The first-order valence-corrected chi connectivity index (χ1v) is 7.78. The lowest BCUT2D eigenvalue weighted by atomic mass is 9.67. The molecule has 0 bridgehead atoms. The molecule has 0 aliphatic carbocycles. The van der Waals surface area contributed by atoms with E-state index in [1.165, 1.54) is 5.56 Å². The number of oxime groups is 1. The van der Waals surface area contributed by atoms with Crippen LogP contribution >= 0.6 is 0 Å². The first kappa shape index (κ1) is 14.8. The van der Waals surface area contributed by atoms with E-state index in [0.717, 1.165) is 37.2 Å². The van der Waals surface area contributed by atoms with Crippen LogP contribution in [0.2, 0.25) is 0 Å². The smallest absolute Gasteiger partial charge is 0.0974 e. The van der Waals surface area contributed by atoms with Crippen molar-refractivity contribution in [1.29, 1.82) is 0 Å². The second kappa shape index (κ2) is 6.32. The number of likely N-dealkylation sites (tertiary alicyclic amines) is 1. The molecule has 1 aliphatic rings. The summed E-state index contributed by atoms with van der Waals surface area (Å²) >= 11 is 0. The van der Waals surface area contributed by atoms with E-state index in [9.17, 15) is 5.21 Å². The minimum absolute atomic E-state index is 0.218. The van der Waals surface area contributed by atoms with E-state index in [-0.39, 0.29) is 5.41 Å². The summed E-state index contributed by atoms with van der Waals surface area (Å²) < 4.78 is 0. The van der Waals surface area contributed by atoms with Crippen LogP contribution in [0.4, 0.5) is 0 Å². The summed E-state index contributed by atoms with van der Waals surface area (Å²) in [5.74, 6) is 0. The van der Waals surface area contributed by atoms with Crippen molar-refractivity contribution in [3.8, 4) is 0 Å². The second-order valence-corrected chi connectivity index (χ2v) is 6.07. The van der Waals surface area contributed by atoms with Gasteiger partial charge in [-0.25, -0.2) is 0 Å². The molecule has 22 heavy (non-hydrogen) atoms. The van der Waals surface area contributed by atoms with Crippen molar-refractivity contribution in [2.45, 2.75) is 18.3 Å². The average Bonchev–Trinajstić information content (AvgIpc) is 2.59. The summed E-state index contributed by atoms with van der Waals surface area (Å²) in [4.78, 5) is 2.33. The summed E-state index contributed by atoms with van der Waals surface area (Å²) in [7, 11) is 2.15. The Balaban J connectivity index is 2.09. The molecule has 0 saturated carbocycles. The molecule has 0 unspecified atom stereocenters. The maximum Gasteiger partial charge on any atom is 0.0974 e. The molecule has 114 valence electrons. The summed E-state index contributed by atoms with van der Waals surface area (Å²) in [5, 5.41) is 13.6. The zero-order valence-electron chi connectivity index (χ0n) is 12.9. The number of hydrogen-bond acceptors (Lipinski definition) is 3. The van der Waals surface area contributed by atoms with Gasteiger partial charge in [-0.3, -0.25) is 0 Å². The largest absolute Gasteiger partial charge is 0.411 e. The van der Waals surface area contributed by atoms with E-state index < -0.39 is 0 Å². The van der Waals surface area contributed by atoms with Gasteiger partial charge in [0.1, 0.15) is 0 Å². The highest BCUT2D eigenvalue weighted by Crippen LogP contribution is 2.38. The van der Waals surface area contributed by atoms with Gasteiger partial charge in [0.25, 0.3) is 0 Å². The molecule has 3 nitrogen and oxygen atoms in total. The first-order chi connectivity index (χ1) is 10.8. The van der Waals surface area contributed by atoms with E-state index in [2.05, 4.69) is 41.4 Å². The van der Waals surface area contributed by atoms with Crippen LogP contribution in [0.25, 0.3) is 0 Å². The Morgan fingerprint density at radius 2 is 1.50 bits per heavy atom. The minimum Gasteiger partial charge on any atom is -0.411 e. The van der Waals surface area contributed by atoms with Gasteiger partial charge < -0.3 is 10.1 Å². The molecule has 1 aliphatic heterocycles. The molecular formula is C19H22N2O. The molecule has 3 heteroatoms. The number of piperidine rings is 1. The van der Waals surface area contributed by atoms with Gasteiger partial charge in [0.05, 0.1) is 5.71 Å². The quantitative estimate of drug-likeness (QED) is 0.534. The molecule has 1 N–H and O–H groups in total. The van der Waals surface area contributed by atoms with Gasteiger partial charge in [0.15, 0.2) is 0 Å². The third-order valence-electron chi connectivity index (χ3n) is 4.77. The van der Waals surface area contributed by atoms with Crippen molar-refractivity contribution in [3.05, 3.63) is 71.8 Å². The molecule has 1 fully saturated rings. The van der Waals surface area contributed by atoms with Crippen LogP contribution in [0, 0.1) is 0 Å². The molecule has 3 rings (SSSR count). The predicted octanol–water partition coefficient (Wildman–Crippen LogP) is 3.53. The molecule has 0 aromatic heterocycles. The fourth-order valence-corrected chi connectivity index (χ4v) is 3.45. The van der Waals surface area contributed by atoms with Crippen LogP contribution < -0.4 is 0 Å². The first-order valence-electron chi connectivity index (χ1n) is 7.78. The lowest BCUT2D eigenvalue weighted by molar-refractivity contribution is 0.223. The summed E-state index contributed by atoms with van der Waals surface area (Å²) in [6.45, 7) is 2.00. The summed E-state index contributed by atoms with van der Waals surface area (Å²) in [6.07, 6.45) is 1.92. The maximum absolute atomic E-state index is 9.80. The second-order valence-electron chi connectivity index (χ2n) is 6.07. The molecule has 1 heterocycles. The number of nitrogens with zero attached hydrogens (tertiary/aromatic N) is 2. The minimum atomic E-state index is -0.218. The van der Waals surface area contributed by atoms with Crippen molar-refractivity contribution < 1.29 is 5.21 Å². The zero-order chi connectivity index (χ0) is 15.4. The Morgan fingerprint density at radius 1 is 0.955 bits per heavy atom. The standard InChI is InChI=1S/C19H22N2O/c1-21-14-12-19(13-15-21,17-10-6-3-7-11-17)18(20-22)16-8-4-2-5-9-16/h2-11,22H,12-15H2,1H3/b20-18+. The lowest BCUT2D eigenvalue weighted by Gasteiger charge is -2.41. The molecule has 2 aromatic rings. The highest BCUT2D eigenvalue weighted by Gasteiger charge is 2.41. The third kappa shape index (κ3) is 2.64. The Morgan fingerprint density at radius 3 is 2.05 bits per heavy atom. The zero-order valence-corrected chi connectivity index (χ0v) is 12.9. The number of rotatable bonds is 3. The van der Waals surface area contributed by atoms with Crippen LogP contribution in [-0.2, 0) is 5.41 Å². The molecule has 1 saturated heterocycles. The van der Waals surface area contributed by atoms with Gasteiger partial charge >= 0.3 is 0 Å². The topological polar surface area (TPSA) is 35.8 Å². The Hall–Kier alpha value is -2.13. The van der Waals surface area contributed by atoms with Gasteiger partial charge in [-0.1, -0.05) is 65.8 Å². The normalized spacial score (nSPS) is 19.0. The van der Waals surface area contributed by atoms with E-state index in [1.807, 2.05) is 36.4 Å². The molecule has 2 aromatic carbocycles. The Kier molecular flexibility index (Phi) is 4.25. The van der Waals surface area contributed by atoms with Crippen LogP contribution in [0.3, 0.4) is 0 Å². The highest BCUT2D eigenvalue weighted by atomic mass is 16.4. The number of benzene rings is 2. The average molecular weight is 294 g/mol. The van der Waals surface area contributed by atoms with Gasteiger partial charge in [0, 0.05) is 11.0 Å². The van der Waals surface area contributed by atoms with Crippen molar-refractivity contribution in [2.75, 3.05) is 20.1 Å². The lowest BCUT2D eigenvalue weighted by Crippen LogP contribution is -2.46. The van der Waals surface area contributed by atoms with Crippen LogP contribution in [-0.4, -0.2) is 36.0 Å². The summed E-state index contributed by atoms with van der Waals surface area (Å²) in [5.41, 5.74) is 2.80. The fourth-order valence-electron chi connectivity index (χ4n) is 3.45. The van der Waals surface area contributed by atoms with Crippen LogP contribution in [0.15, 0.2) is 65.8 Å².